The molecule has 2 rings (SSSR count). The summed E-state index contributed by atoms with van der Waals surface area (Å²) in [7, 11) is -3.88. The Bertz CT molecular complexity index is 456. The molecule has 1 saturated heterocycles. The van der Waals surface area contributed by atoms with Gasteiger partial charge in [-0.15, -0.1) is 0 Å². The molecule has 1 heterocycles. The van der Waals surface area contributed by atoms with E-state index in [9.17, 15) is 22.0 Å². The molecule has 0 radical (unpaired) electrons. The molecule has 1 aliphatic carbocycles. The molecule has 3 N–H and O–H groups in total. The van der Waals surface area contributed by atoms with E-state index in [1.165, 1.54) is 0 Å². The van der Waals surface area contributed by atoms with Crippen LogP contribution < -0.4 is 5.14 Å². The summed E-state index contributed by atoms with van der Waals surface area (Å²) in [5.74, 6) is -6.47. The van der Waals surface area contributed by atoms with Crippen molar-refractivity contribution in [1.29, 1.82) is 0 Å². The van der Waals surface area contributed by atoms with Crippen molar-refractivity contribution >= 4 is 16.2 Å². The molecule has 1 saturated carbocycles. The van der Waals surface area contributed by atoms with Crippen molar-refractivity contribution in [2.75, 3.05) is 13.1 Å². The highest BCUT2D eigenvalue weighted by atomic mass is 32.2. The van der Waals surface area contributed by atoms with Crippen LogP contribution in [0.1, 0.15) is 12.8 Å². The number of nitrogens with zero attached hydrogens (tertiary/aromatic N) is 1. The van der Waals surface area contributed by atoms with E-state index in [0.29, 0.717) is 0 Å². The molecule has 0 bridgehead atoms. The highest BCUT2D eigenvalue weighted by molar-refractivity contribution is 7.86. The maximum Gasteiger partial charge on any atom is 0.313 e. The Morgan fingerprint density at radius 3 is 2.12 bits per heavy atom. The predicted molar refractivity (Wildman–Crippen MR) is 52.4 cm³/mol. The lowest BCUT2D eigenvalue weighted by molar-refractivity contribution is -0.141. The average Bonchev–Trinajstić information content (AvgIpc) is 2.61. The summed E-state index contributed by atoms with van der Waals surface area (Å²) in [6, 6.07) is 0. The number of carboxylic acids is 1. The van der Waals surface area contributed by atoms with Gasteiger partial charge in [-0.3, -0.25) is 4.79 Å². The second-order valence-corrected chi connectivity index (χ2v) is 6.04. The zero-order chi connectivity index (χ0) is 13.1. The number of aliphatic carboxylic acids is 1. The molecule has 1 aliphatic heterocycles. The number of carboxylic acid groups (broad SMARTS) is 1. The largest absolute Gasteiger partial charge is 0.481 e. The van der Waals surface area contributed by atoms with Crippen LogP contribution in [0.4, 0.5) is 8.78 Å². The fraction of sp³-hybridized carbons (Fsp3) is 0.875. The van der Waals surface area contributed by atoms with Gasteiger partial charge in [0.2, 0.25) is 0 Å². The molecule has 0 aromatic rings. The van der Waals surface area contributed by atoms with E-state index in [2.05, 4.69) is 0 Å². The lowest BCUT2D eigenvalue weighted by Gasteiger charge is -2.29. The molecule has 0 aromatic heterocycles. The van der Waals surface area contributed by atoms with Crippen molar-refractivity contribution < 1.29 is 27.1 Å². The van der Waals surface area contributed by atoms with Gasteiger partial charge in [0, 0.05) is 13.1 Å². The molecule has 0 unspecified atom stereocenters. The van der Waals surface area contributed by atoms with Crippen LogP contribution in [-0.4, -0.2) is 42.8 Å². The third-order valence-electron chi connectivity index (χ3n) is 3.72. The maximum atomic E-state index is 13.4. The first kappa shape index (κ1) is 12.7. The number of piperidine rings is 1. The summed E-state index contributed by atoms with van der Waals surface area (Å²) in [6.45, 7) is -0.309. The molecule has 9 heteroatoms. The van der Waals surface area contributed by atoms with Crippen LogP contribution in [0, 0.1) is 11.3 Å². The van der Waals surface area contributed by atoms with E-state index < -0.39 is 33.4 Å². The fourth-order valence-electron chi connectivity index (χ4n) is 2.66. The van der Waals surface area contributed by atoms with Crippen molar-refractivity contribution in [2.45, 2.75) is 18.8 Å². The minimum atomic E-state index is -3.88. The van der Waals surface area contributed by atoms with Gasteiger partial charge in [-0.2, -0.15) is 12.7 Å². The van der Waals surface area contributed by atoms with Gasteiger partial charge in [-0.25, -0.2) is 13.9 Å². The number of nitrogens with two attached hydrogens (primary N) is 1. The molecule has 0 amide bonds. The van der Waals surface area contributed by atoms with Crippen LogP contribution >= 0.6 is 0 Å². The SMILES string of the molecule is NS(=O)(=O)N1CCC2(CC1)[C@H](C(=O)O)C2(F)F. The molecule has 1 spiro atoms. The number of carbonyl (C=O) groups is 1. The van der Waals surface area contributed by atoms with E-state index in [0.717, 1.165) is 4.31 Å². The Kier molecular flexibility index (Phi) is 2.50. The van der Waals surface area contributed by atoms with Gasteiger partial charge in [0.1, 0.15) is 5.92 Å². The fourth-order valence-corrected chi connectivity index (χ4v) is 3.35. The Balaban J connectivity index is 2.13. The third-order valence-corrected chi connectivity index (χ3v) is 4.80. The number of alkyl halides is 2. The van der Waals surface area contributed by atoms with Gasteiger partial charge in [0.15, 0.2) is 0 Å². The van der Waals surface area contributed by atoms with Gasteiger partial charge in [0.25, 0.3) is 16.1 Å². The quantitative estimate of drug-likeness (QED) is 0.714. The monoisotopic (exact) mass is 270 g/mol. The van der Waals surface area contributed by atoms with Crippen molar-refractivity contribution in [2.24, 2.45) is 16.5 Å². The number of rotatable bonds is 2. The number of hydrogen-bond donors (Lipinski definition) is 2. The zero-order valence-corrected chi connectivity index (χ0v) is 9.58. The molecule has 17 heavy (non-hydrogen) atoms. The Morgan fingerprint density at radius 1 is 1.35 bits per heavy atom. The lowest BCUT2D eigenvalue weighted by atomic mass is 9.91. The second-order valence-electron chi connectivity index (χ2n) is 4.49. The van der Waals surface area contributed by atoms with Gasteiger partial charge < -0.3 is 5.11 Å². The van der Waals surface area contributed by atoms with E-state index in [1.54, 1.807) is 0 Å². The summed E-state index contributed by atoms with van der Waals surface area (Å²) < 4.78 is 49.7. The zero-order valence-electron chi connectivity index (χ0n) is 8.77. The van der Waals surface area contributed by atoms with Crippen LogP contribution in [0.2, 0.25) is 0 Å². The van der Waals surface area contributed by atoms with Gasteiger partial charge in [-0.05, 0) is 12.8 Å². The van der Waals surface area contributed by atoms with E-state index >= 15 is 0 Å². The first-order chi connectivity index (χ1) is 7.63. The van der Waals surface area contributed by atoms with E-state index in [1.807, 2.05) is 0 Å². The van der Waals surface area contributed by atoms with Crippen molar-refractivity contribution in [1.82, 2.24) is 4.31 Å². The highest BCUT2D eigenvalue weighted by Crippen LogP contribution is 2.70. The molecular formula is C8H12F2N2O4S. The standard InChI is InChI=1S/C8H12F2N2O4S/c9-8(10)5(6(13)14)7(8)1-3-12(4-2-7)17(11,15)16/h5H,1-4H2,(H,13,14)(H2,11,15,16)/t5-/m0/s1. The van der Waals surface area contributed by atoms with Gasteiger partial charge >= 0.3 is 5.97 Å². The second kappa shape index (κ2) is 3.36. The summed E-state index contributed by atoms with van der Waals surface area (Å²) >= 11 is 0. The Hall–Kier alpha value is -0.800. The number of halogens is 2. The van der Waals surface area contributed by atoms with Crippen molar-refractivity contribution in [3.63, 3.8) is 0 Å². The van der Waals surface area contributed by atoms with Crippen LogP contribution in [0.25, 0.3) is 0 Å². The minimum Gasteiger partial charge on any atom is -0.481 e. The van der Waals surface area contributed by atoms with Crippen LogP contribution in [0.5, 0.6) is 0 Å². The topological polar surface area (TPSA) is 101 Å². The summed E-state index contributed by atoms with van der Waals surface area (Å²) in [5, 5.41) is 13.6. The van der Waals surface area contributed by atoms with Crippen LogP contribution in [0.3, 0.4) is 0 Å². The lowest BCUT2D eigenvalue weighted by Crippen LogP contribution is -2.44. The minimum absolute atomic E-state index is 0.155. The Morgan fingerprint density at radius 2 is 1.82 bits per heavy atom. The van der Waals surface area contributed by atoms with Gasteiger partial charge in [0.05, 0.1) is 5.41 Å². The molecule has 98 valence electrons. The highest BCUT2D eigenvalue weighted by Gasteiger charge is 2.83. The van der Waals surface area contributed by atoms with Crippen molar-refractivity contribution in [3.05, 3.63) is 0 Å². The summed E-state index contributed by atoms with van der Waals surface area (Å²) in [6.07, 6.45) is -0.346. The third kappa shape index (κ3) is 1.64. The smallest absolute Gasteiger partial charge is 0.313 e. The molecule has 2 aliphatic rings. The summed E-state index contributed by atoms with van der Waals surface area (Å²) in [4.78, 5) is 10.7. The maximum absolute atomic E-state index is 13.4. The Labute approximate surface area is 96.6 Å². The van der Waals surface area contributed by atoms with Crippen LogP contribution in [0.15, 0.2) is 0 Å². The predicted octanol–water partition coefficient (Wildman–Crippen LogP) is -0.378. The first-order valence-electron chi connectivity index (χ1n) is 5.01. The normalized spacial score (nSPS) is 31.4. The molecule has 6 nitrogen and oxygen atoms in total. The first-order valence-corrected chi connectivity index (χ1v) is 6.52. The molecular weight excluding hydrogens is 258 g/mol. The van der Waals surface area contributed by atoms with Gasteiger partial charge in [-0.1, -0.05) is 0 Å². The van der Waals surface area contributed by atoms with E-state index in [4.69, 9.17) is 10.2 Å². The molecule has 2 fully saturated rings. The molecule has 1 atom stereocenters. The summed E-state index contributed by atoms with van der Waals surface area (Å²) in [5.41, 5.74) is -1.58. The average molecular weight is 270 g/mol. The molecule has 0 aromatic carbocycles. The van der Waals surface area contributed by atoms with E-state index in [-0.39, 0.29) is 25.9 Å². The van der Waals surface area contributed by atoms with Crippen LogP contribution in [-0.2, 0) is 15.0 Å². The number of hydrogen-bond acceptors (Lipinski definition) is 3. The van der Waals surface area contributed by atoms with Crippen molar-refractivity contribution in [3.8, 4) is 0 Å².